The Kier molecular flexibility index (Phi) is 13.9. The van der Waals surface area contributed by atoms with Crippen LogP contribution in [0.5, 0.6) is 0 Å². The average molecular weight is 1090 g/mol. The van der Waals surface area contributed by atoms with Gasteiger partial charge in [0.25, 0.3) is 5.67 Å². The van der Waals surface area contributed by atoms with Gasteiger partial charge in [0.1, 0.15) is 17.5 Å². The van der Waals surface area contributed by atoms with E-state index in [1.54, 1.807) is 33.8 Å². The van der Waals surface area contributed by atoms with Gasteiger partial charge in [-0.2, -0.15) is 13.2 Å². The molecule has 2 aromatic heterocycles. The first-order chi connectivity index (χ1) is 35.3. The number of fused-ring (bicyclic) bond motifs is 2. The fraction of sp³-hybridized carbons (Fsp3) is 0.377. The summed E-state index contributed by atoms with van der Waals surface area (Å²) in [5.74, 6) is -11.6. The number of hydrogen-bond acceptors (Lipinski definition) is 3. The molecule has 0 fully saturated rings. The quantitative estimate of drug-likeness (QED) is 0.100. The molecule has 16 heteroatoms. The van der Waals surface area contributed by atoms with Crippen molar-refractivity contribution in [1.82, 2.24) is 19.9 Å². The Morgan fingerprint density at radius 1 is 0.390 bits per heavy atom. The highest BCUT2D eigenvalue weighted by molar-refractivity contribution is 7.99. The first-order valence-corrected chi connectivity index (χ1v) is 25.8. The van der Waals surface area contributed by atoms with Gasteiger partial charge in [-0.05, 0) is 69.8 Å². The summed E-state index contributed by atoms with van der Waals surface area (Å²) in [4.78, 5) is 13.3. The molecule has 0 saturated carbocycles. The van der Waals surface area contributed by atoms with E-state index in [1.807, 2.05) is 51.1 Å². The predicted octanol–water partition coefficient (Wildman–Crippen LogP) is 18.4. The molecule has 0 saturated heterocycles. The van der Waals surface area contributed by atoms with Crippen molar-refractivity contribution in [3.05, 3.63) is 176 Å². The summed E-state index contributed by atoms with van der Waals surface area (Å²) in [6, 6.07) is 20.7. The summed E-state index contributed by atoms with van der Waals surface area (Å²) in [6.45, 7) is 24.7. The minimum Gasteiger partial charge on any atom is -0.342 e. The molecule has 77 heavy (non-hydrogen) atoms. The van der Waals surface area contributed by atoms with E-state index in [0.717, 1.165) is 59.2 Å². The third kappa shape index (κ3) is 9.21. The van der Waals surface area contributed by atoms with E-state index in [-0.39, 0.29) is 28.6 Å². The van der Waals surface area contributed by atoms with E-state index in [9.17, 15) is 13.2 Å². The van der Waals surface area contributed by atoms with E-state index >= 15 is 35.1 Å². The van der Waals surface area contributed by atoms with E-state index in [1.165, 1.54) is 52.0 Å². The molecule has 8 aromatic rings. The predicted molar refractivity (Wildman–Crippen MR) is 283 cm³/mol. The lowest BCUT2D eigenvalue weighted by Crippen LogP contribution is -2.43. The van der Waals surface area contributed by atoms with Crippen LogP contribution < -0.4 is 0 Å². The average Bonchev–Trinajstić information content (AvgIpc) is 4.00. The molecule has 408 valence electrons. The third-order valence-corrected chi connectivity index (χ3v) is 17.6. The number of hydrogen-bond donors (Lipinski definition) is 2. The number of nitrogens with one attached hydrogen (secondary N) is 2. The van der Waals surface area contributed by atoms with Gasteiger partial charge < -0.3 is 9.97 Å². The molecule has 4 nitrogen and oxygen atoms in total. The fourth-order valence-electron chi connectivity index (χ4n) is 10.1. The summed E-state index contributed by atoms with van der Waals surface area (Å²) >= 11 is -0.363. The van der Waals surface area contributed by atoms with E-state index < -0.39 is 117 Å². The molecule has 1 atom stereocenters. The summed E-state index contributed by atoms with van der Waals surface area (Å²) in [7, 11) is 0. The molecule has 0 amide bonds. The largest absolute Gasteiger partial charge is 0.431 e. The maximum Gasteiger partial charge on any atom is 0.431 e. The van der Waals surface area contributed by atoms with Crippen LogP contribution in [-0.2, 0) is 38.2 Å². The first kappa shape index (κ1) is 57.0. The summed E-state index contributed by atoms with van der Waals surface area (Å²) < 4.78 is 176. The summed E-state index contributed by atoms with van der Waals surface area (Å²) in [5.41, 5.74) is -8.80. The Hall–Kier alpha value is -6.16. The van der Waals surface area contributed by atoms with Crippen LogP contribution in [0.1, 0.15) is 148 Å². The van der Waals surface area contributed by atoms with Gasteiger partial charge in [0.2, 0.25) is 0 Å². The molecule has 1 unspecified atom stereocenters. The zero-order chi connectivity index (χ0) is 57.3. The van der Waals surface area contributed by atoms with E-state index in [4.69, 9.17) is 9.97 Å². The van der Waals surface area contributed by atoms with Gasteiger partial charge in [-0.3, -0.25) is 0 Å². The molecule has 0 bridgehead atoms. The topological polar surface area (TPSA) is 57.4 Å². The lowest BCUT2D eigenvalue weighted by atomic mass is 9.60. The van der Waals surface area contributed by atoms with Crippen LogP contribution in [0.15, 0.2) is 94.7 Å². The smallest absolute Gasteiger partial charge is 0.342 e. The van der Waals surface area contributed by atoms with Crippen LogP contribution in [0.2, 0.25) is 0 Å². The molecular weight excluding hydrogens is 1030 g/mol. The normalized spacial score (nSPS) is 14.3. The molecule has 0 radical (unpaired) electrons. The van der Waals surface area contributed by atoms with Crippen LogP contribution in [0.3, 0.4) is 0 Å². The highest BCUT2D eigenvalue weighted by Crippen LogP contribution is 2.53. The standard InChI is InChI=1S/C61H61F11N4S/c1-30-41(57(10,11)56(8,9)34-20-24-36(25-21-34)60(69,61(70,71)72)35-22-18-33(19-23-35)54(2,3)4)44(63)47(66)50(43(30)62)77-51-48(67)45(64)42(46(65)49(51)68)58(12,13)59(14,15)53-74-38-27-17-32(29-40(38)76-53)31-16-26-37-39(28-31)75-52(73-37)55(5,6)7/h16-29H,1-15H3,(H,73,75)(H,74,76). The van der Waals surface area contributed by atoms with Gasteiger partial charge in [-0.25, -0.2) is 45.1 Å². The van der Waals surface area contributed by atoms with Crippen LogP contribution in [-0.4, -0.2) is 26.1 Å². The van der Waals surface area contributed by atoms with Gasteiger partial charge in [0.15, 0.2) is 34.9 Å². The third-order valence-electron chi connectivity index (χ3n) is 16.5. The van der Waals surface area contributed by atoms with Crippen LogP contribution in [0, 0.1) is 47.6 Å². The first-order valence-electron chi connectivity index (χ1n) is 25.0. The Balaban J connectivity index is 1.09. The summed E-state index contributed by atoms with van der Waals surface area (Å²) in [5, 5.41) is 0. The molecule has 0 aliphatic carbocycles. The Bertz CT molecular complexity index is 3550. The number of aromatic amines is 2. The Morgan fingerprint density at radius 3 is 1.19 bits per heavy atom. The SMILES string of the molecule is Cc1c(F)c(Sc2c(F)c(F)c(C(C)(C)C(C)(C)c3nc4ccc(-c5ccc6nc(C(C)(C)C)[nH]c6c5)cc4[nH]3)c(F)c2F)c(F)c(F)c1C(C)(C)C(C)(C)c1ccc(C(F)(c2ccc(C(C)(C)C)cc2)C(F)(F)F)cc1. The number of nitrogens with zero attached hydrogens (tertiary/aromatic N) is 2. The number of H-pyrrole nitrogens is 2. The van der Waals surface area contributed by atoms with Crippen LogP contribution >= 0.6 is 11.8 Å². The van der Waals surface area contributed by atoms with Crippen molar-refractivity contribution in [2.75, 3.05) is 0 Å². The zero-order valence-corrected chi connectivity index (χ0v) is 46.4. The van der Waals surface area contributed by atoms with Gasteiger partial charge in [-0.1, -0.05) is 169 Å². The van der Waals surface area contributed by atoms with Crippen LogP contribution in [0.25, 0.3) is 33.2 Å². The minimum absolute atomic E-state index is 0.201. The number of rotatable bonds is 11. The molecule has 6 aromatic carbocycles. The molecule has 8 rings (SSSR count). The molecule has 0 spiro atoms. The van der Waals surface area contributed by atoms with E-state index in [0.29, 0.717) is 16.6 Å². The number of imidazole rings is 2. The van der Waals surface area contributed by atoms with Gasteiger partial charge in [0, 0.05) is 43.9 Å². The highest BCUT2D eigenvalue weighted by Gasteiger charge is 2.59. The van der Waals surface area contributed by atoms with Gasteiger partial charge in [-0.15, -0.1) is 0 Å². The fourth-order valence-corrected chi connectivity index (χ4v) is 11.0. The monoisotopic (exact) mass is 1090 g/mol. The number of benzene rings is 6. The Morgan fingerprint density at radius 2 is 0.766 bits per heavy atom. The van der Waals surface area contributed by atoms with Crippen molar-refractivity contribution in [2.45, 2.75) is 158 Å². The maximum absolute atomic E-state index is 16.7. The highest BCUT2D eigenvalue weighted by atomic mass is 32.2. The Labute approximate surface area is 445 Å². The lowest BCUT2D eigenvalue weighted by Gasteiger charge is -2.44. The second-order valence-corrected chi connectivity index (χ2v) is 25.3. The minimum atomic E-state index is -5.39. The number of halogens is 11. The van der Waals surface area contributed by atoms with Crippen molar-refractivity contribution in [3.8, 4) is 11.1 Å². The van der Waals surface area contributed by atoms with Crippen molar-refractivity contribution >= 4 is 33.8 Å². The summed E-state index contributed by atoms with van der Waals surface area (Å²) in [6.07, 6.45) is -5.39. The van der Waals surface area contributed by atoms with Crippen molar-refractivity contribution in [2.24, 2.45) is 0 Å². The van der Waals surface area contributed by atoms with Gasteiger partial charge in [0.05, 0.1) is 31.9 Å². The van der Waals surface area contributed by atoms with Crippen molar-refractivity contribution < 1.29 is 48.3 Å². The second kappa shape index (κ2) is 18.8. The lowest BCUT2D eigenvalue weighted by molar-refractivity contribution is -0.219. The maximum atomic E-state index is 16.7. The second-order valence-electron chi connectivity index (χ2n) is 24.3. The van der Waals surface area contributed by atoms with Crippen molar-refractivity contribution in [3.63, 3.8) is 0 Å². The molecule has 2 heterocycles. The van der Waals surface area contributed by atoms with Gasteiger partial charge >= 0.3 is 6.18 Å². The molecule has 0 aliphatic heterocycles. The molecule has 2 N–H and O–H groups in total. The van der Waals surface area contributed by atoms with Crippen molar-refractivity contribution in [1.29, 1.82) is 0 Å². The molecule has 0 aliphatic rings. The van der Waals surface area contributed by atoms with E-state index in [2.05, 4.69) is 30.7 Å². The molecular formula is C61H61F11N4S. The number of alkyl halides is 4. The zero-order valence-electron chi connectivity index (χ0n) is 45.5. The van der Waals surface area contributed by atoms with Crippen LogP contribution in [0.4, 0.5) is 48.3 Å². The number of aromatic nitrogens is 4.